The number of hydrogen-bond donors (Lipinski definition) is 0. The standard InChI is InChI=1S/C17H21N5O4S/c1-12-7-18-14(27-12)16(24)22-4-6-26-17(11-22)10-21(3-5-25-17)15(23)13-8-19-20(2)9-13/h7-9H,3-6,10-11H2,1-2H3. The number of hydrogen-bond acceptors (Lipinski definition) is 7. The number of morpholine rings is 2. The van der Waals surface area contributed by atoms with Gasteiger partial charge in [-0.1, -0.05) is 0 Å². The number of rotatable bonds is 2. The summed E-state index contributed by atoms with van der Waals surface area (Å²) in [5.74, 6) is -1.25. The van der Waals surface area contributed by atoms with Crippen molar-refractivity contribution in [1.82, 2.24) is 24.6 Å². The van der Waals surface area contributed by atoms with Crippen LogP contribution in [0.25, 0.3) is 0 Å². The average molecular weight is 391 g/mol. The molecule has 4 rings (SSSR count). The minimum absolute atomic E-state index is 0.117. The lowest BCUT2D eigenvalue weighted by molar-refractivity contribution is -0.282. The van der Waals surface area contributed by atoms with E-state index >= 15 is 0 Å². The summed E-state index contributed by atoms with van der Waals surface area (Å²) in [6, 6.07) is 0. The Hall–Kier alpha value is -2.30. The van der Waals surface area contributed by atoms with E-state index in [9.17, 15) is 9.59 Å². The fourth-order valence-electron chi connectivity index (χ4n) is 3.35. The minimum Gasteiger partial charge on any atom is -0.345 e. The van der Waals surface area contributed by atoms with Gasteiger partial charge < -0.3 is 19.3 Å². The first kappa shape index (κ1) is 18.1. The summed E-state index contributed by atoms with van der Waals surface area (Å²) in [6.07, 6.45) is 4.93. The molecule has 2 saturated heterocycles. The van der Waals surface area contributed by atoms with Gasteiger partial charge in [-0.25, -0.2) is 4.98 Å². The van der Waals surface area contributed by atoms with Crippen molar-refractivity contribution in [3.05, 3.63) is 34.0 Å². The van der Waals surface area contributed by atoms with E-state index in [4.69, 9.17) is 9.47 Å². The van der Waals surface area contributed by atoms with Crippen LogP contribution in [-0.2, 0) is 16.5 Å². The number of aryl methyl sites for hydroxylation is 2. The van der Waals surface area contributed by atoms with Gasteiger partial charge in [-0.05, 0) is 6.92 Å². The van der Waals surface area contributed by atoms with Crippen molar-refractivity contribution in [2.24, 2.45) is 7.05 Å². The number of thiazole rings is 1. The second-order valence-corrected chi connectivity index (χ2v) is 7.97. The molecule has 9 nitrogen and oxygen atoms in total. The lowest BCUT2D eigenvalue weighted by Gasteiger charge is -2.47. The Balaban J connectivity index is 1.48. The van der Waals surface area contributed by atoms with Crippen LogP contribution in [0.3, 0.4) is 0 Å². The van der Waals surface area contributed by atoms with E-state index < -0.39 is 5.79 Å². The van der Waals surface area contributed by atoms with Gasteiger partial charge in [0.2, 0.25) is 5.79 Å². The molecule has 27 heavy (non-hydrogen) atoms. The van der Waals surface area contributed by atoms with E-state index in [2.05, 4.69) is 10.1 Å². The number of amides is 2. The maximum Gasteiger partial charge on any atom is 0.283 e. The molecule has 2 fully saturated rings. The first-order chi connectivity index (χ1) is 13.0. The van der Waals surface area contributed by atoms with Crippen LogP contribution in [0.2, 0.25) is 0 Å². The Morgan fingerprint density at radius 3 is 2.33 bits per heavy atom. The maximum atomic E-state index is 12.8. The number of carbonyl (C=O) groups is 2. The van der Waals surface area contributed by atoms with Crippen LogP contribution >= 0.6 is 11.3 Å². The van der Waals surface area contributed by atoms with E-state index in [1.54, 1.807) is 40.1 Å². The third kappa shape index (κ3) is 3.60. The van der Waals surface area contributed by atoms with Gasteiger partial charge in [-0.3, -0.25) is 14.3 Å². The van der Waals surface area contributed by atoms with Crippen LogP contribution in [0.1, 0.15) is 25.0 Å². The molecule has 1 unspecified atom stereocenters. The van der Waals surface area contributed by atoms with Gasteiger partial charge in [0.05, 0.1) is 38.1 Å². The van der Waals surface area contributed by atoms with Crippen molar-refractivity contribution >= 4 is 23.2 Å². The SMILES string of the molecule is Cc1cnc(C(=O)N2CCOC3(CN(C(=O)c4cnn(C)c4)CCO3)C2)s1. The summed E-state index contributed by atoms with van der Waals surface area (Å²) in [5.41, 5.74) is 0.525. The van der Waals surface area contributed by atoms with Gasteiger partial charge in [-0.15, -0.1) is 11.3 Å². The normalized spacial score (nSPS) is 23.0. The average Bonchev–Trinajstić information content (AvgIpc) is 3.29. The number of carbonyl (C=O) groups excluding carboxylic acids is 2. The molecule has 0 bridgehead atoms. The van der Waals surface area contributed by atoms with Gasteiger partial charge in [0, 0.05) is 37.4 Å². The fraction of sp³-hybridized carbons (Fsp3) is 0.529. The molecule has 2 aliphatic heterocycles. The molecule has 0 saturated carbocycles. The van der Waals surface area contributed by atoms with Crippen LogP contribution < -0.4 is 0 Å². The molecule has 0 aliphatic carbocycles. The Labute approximate surface area is 160 Å². The summed E-state index contributed by atoms with van der Waals surface area (Å²) >= 11 is 1.37. The zero-order chi connectivity index (χ0) is 19.0. The Kier molecular flexibility index (Phi) is 4.70. The smallest absolute Gasteiger partial charge is 0.283 e. The number of ether oxygens (including phenoxy) is 2. The van der Waals surface area contributed by atoms with Crippen molar-refractivity contribution in [3.8, 4) is 0 Å². The van der Waals surface area contributed by atoms with Gasteiger partial charge in [-0.2, -0.15) is 5.10 Å². The summed E-state index contributed by atoms with van der Waals surface area (Å²) in [5, 5.41) is 4.52. The predicted molar refractivity (Wildman–Crippen MR) is 96.5 cm³/mol. The molecule has 10 heteroatoms. The third-order valence-electron chi connectivity index (χ3n) is 4.65. The summed E-state index contributed by atoms with van der Waals surface area (Å²) in [4.78, 5) is 34.1. The quantitative estimate of drug-likeness (QED) is 0.742. The van der Waals surface area contributed by atoms with E-state index in [0.717, 1.165) is 4.88 Å². The van der Waals surface area contributed by atoms with Gasteiger partial charge in [0.1, 0.15) is 0 Å². The van der Waals surface area contributed by atoms with E-state index in [1.807, 2.05) is 6.92 Å². The molecular formula is C17H21N5O4S. The molecule has 1 spiro atoms. The second kappa shape index (κ2) is 7.02. The highest BCUT2D eigenvalue weighted by Gasteiger charge is 2.45. The molecule has 2 amide bonds. The van der Waals surface area contributed by atoms with Crippen molar-refractivity contribution in [1.29, 1.82) is 0 Å². The van der Waals surface area contributed by atoms with Gasteiger partial charge in [0.25, 0.3) is 11.8 Å². The highest BCUT2D eigenvalue weighted by atomic mass is 32.1. The summed E-state index contributed by atoms with van der Waals surface area (Å²) < 4.78 is 13.4. The second-order valence-electron chi connectivity index (χ2n) is 6.74. The van der Waals surface area contributed by atoms with Gasteiger partial charge in [0.15, 0.2) is 5.01 Å². The number of aromatic nitrogens is 3. The Bertz CT molecular complexity index is 793. The van der Waals surface area contributed by atoms with Crippen molar-refractivity contribution in [2.45, 2.75) is 12.7 Å². The first-order valence-electron chi connectivity index (χ1n) is 8.73. The monoisotopic (exact) mass is 391 g/mol. The van der Waals surface area contributed by atoms with Gasteiger partial charge >= 0.3 is 0 Å². The molecule has 2 aliphatic rings. The van der Waals surface area contributed by atoms with E-state index in [0.29, 0.717) is 36.9 Å². The molecule has 0 aromatic carbocycles. The predicted octanol–water partition coefficient (Wildman–Crippen LogP) is 0.526. The minimum atomic E-state index is -1.00. The lowest BCUT2D eigenvalue weighted by Crippen LogP contribution is -2.63. The molecule has 2 aromatic rings. The topological polar surface area (TPSA) is 89.8 Å². The van der Waals surface area contributed by atoms with Crippen LogP contribution in [0.15, 0.2) is 18.6 Å². The van der Waals surface area contributed by atoms with Crippen molar-refractivity contribution in [2.75, 3.05) is 39.4 Å². The third-order valence-corrected chi connectivity index (χ3v) is 5.55. The fourth-order valence-corrected chi connectivity index (χ4v) is 4.08. The largest absolute Gasteiger partial charge is 0.345 e. The highest BCUT2D eigenvalue weighted by Crippen LogP contribution is 2.27. The molecule has 2 aromatic heterocycles. The molecule has 1 atom stereocenters. The van der Waals surface area contributed by atoms with Crippen LogP contribution in [0, 0.1) is 6.92 Å². The van der Waals surface area contributed by atoms with E-state index in [1.165, 1.54) is 11.3 Å². The van der Waals surface area contributed by atoms with Crippen LogP contribution in [0.4, 0.5) is 0 Å². The number of nitrogens with zero attached hydrogens (tertiary/aromatic N) is 5. The zero-order valence-electron chi connectivity index (χ0n) is 15.3. The summed E-state index contributed by atoms with van der Waals surface area (Å²) in [7, 11) is 1.77. The molecular weight excluding hydrogens is 370 g/mol. The Morgan fingerprint density at radius 1 is 1.11 bits per heavy atom. The van der Waals surface area contributed by atoms with Crippen molar-refractivity contribution in [3.63, 3.8) is 0 Å². The maximum absolute atomic E-state index is 12.8. The van der Waals surface area contributed by atoms with Crippen molar-refractivity contribution < 1.29 is 19.1 Å². The molecule has 144 valence electrons. The zero-order valence-corrected chi connectivity index (χ0v) is 16.1. The molecule has 4 heterocycles. The lowest BCUT2D eigenvalue weighted by atomic mass is 10.1. The summed E-state index contributed by atoms with van der Waals surface area (Å²) in [6.45, 7) is 4.09. The first-order valence-corrected chi connectivity index (χ1v) is 9.55. The Morgan fingerprint density at radius 2 is 1.78 bits per heavy atom. The molecule has 0 N–H and O–H groups in total. The van der Waals surface area contributed by atoms with Crippen LogP contribution in [-0.4, -0.2) is 81.6 Å². The highest BCUT2D eigenvalue weighted by molar-refractivity contribution is 7.13. The molecule has 0 radical (unpaired) electrons. The van der Waals surface area contributed by atoms with Crippen LogP contribution in [0.5, 0.6) is 0 Å². The van der Waals surface area contributed by atoms with E-state index in [-0.39, 0.29) is 24.9 Å².